The molecular formula is C40H49N3O6. The van der Waals surface area contributed by atoms with Gasteiger partial charge in [0.2, 0.25) is 0 Å². The van der Waals surface area contributed by atoms with Crippen LogP contribution in [-0.4, -0.2) is 67.2 Å². The number of carbonyl (C=O) groups is 1. The smallest absolute Gasteiger partial charge is 0.355 e. The van der Waals surface area contributed by atoms with Crippen LogP contribution in [0.4, 0.5) is 0 Å². The van der Waals surface area contributed by atoms with Crippen LogP contribution in [0.5, 0.6) is 5.75 Å². The number of H-pyrrole nitrogens is 1. The fraction of sp³-hybridized carbons (Fsp3) is 0.450. The average Bonchev–Trinajstić information content (AvgIpc) is 3.65. The summed E-state index contributed by atoms with van der Waals surface area (Å²) in [6.45, 7) is 7.32. The fourth-order valence-electron chi connectivity index (χ4n) is 7.01. The molecule has 1 unspecified atom stereocenters. The number of fused-ring (bicyclic) bond motifs is 2. The van der Waals surface area contributed by atoms with E-state index in [1.807, 2.05) is 31.2 Å². The molecule has 0 saturated carbocycles. The minimum absolute atomic E-state index is 0.149. The summed E-state index contributed by atoms with van der Waals surface area (Å²) >= 11 is 0. The van der Waals surface area contributed by atoms with Crippen molar-refractivity contribution >= 4 is 27.6 Å². The van der Waals surface area contributed by atoms with E-state index in [0.29, 0.717) is 51.5 Å². The molecule has 3 aromatic carbocycles. The highest BCUT2D eigenvalue weighted by atomic mass is 16.7. The van der Waals surface area contributed by atoms with Crippen LogP contribution in [0.25, 0.3) is 32.8 Å². The molecule has 2 aromatic heterocycles. The number of carbonyl (C=O) groups excluding carboxylic acids is 1. The lowest BCUT2D eigenvalue weighted by atomic mass is 9.97. The maximum atomic E-state index is 13.8. The highest BCUT2D eigenvalue weighted by Gasteiger charge is 2.27. The van der Waals surface area contributed by atoms with Gasteiger partial charge in [0.05, 0.1) is 31.0 Å². The summed E-state index contributed by atoms with van der Waals surface area (Å²) in [5.41, 5.74) is 6.65. The zero-order valence-electron chi connectivity index (χ0n) is 29.1. The van der Waals surface area contributed by atoms with Gasteiger partial charge in [0, 0.05) is 60.9 Å². The predicted octanol–water partition coefficient (Wildman–Crippen LogP) is 8.19. The van der Waals surface area contributed by atoms with Gasteiger partial charge in [-0.05, 0) is 75.8 Å². The number of ether oxygens (including phenoxy) is 5. The standard InChI is InChI=1S/C40H49N3O6/c1-4-46-40(44)39-32(19-13-26-47-35-20-11-15-29-14-5-6-16-30(29)35)31-17-12-18-33(38(31)43(39)23-8-10-24-45-3)37-28(2)41-42-34(37)22-27-49-36-21-7-9-25-48-36/h5-6,11-12,14-18,20,36H,4,7-10,13,19,21-27H2,1-3H3,(H,41,42). The molecule has 0 amide bonds. The molecule has 9 heteroatoms. The number of hydrogen-bond acceptors (Lipinski definition) is 7. The minimum Gasteiger partial charge on any atom is -0.493 e. The lowest BCUT2D eigenvalue weighted by molar-refractivity contribution is -0.161. The van der Waals surface area contributed by atoms with Crippen LogP contribution in [0.2, 0.25) is 0 Å². The third-order valence-corrected chi connectivity index (χ3v) is 9.29. The molecule has 1 N–H and O–H groups in total. The summed E-state index contributed by atoms with van der Waals surface area (Å²) in [5, 5.41) is 11.3. The Hall–Kier alpha value is -4.18. The Labute approximate surface area is 288 Å². The Balaban J connectivity index is 1.34. The van der Waals surface area contributed by atoms with Crippen molar-refractivity contribution in [3.05, 3.63) is 83.3 Å². The van der Waals surface area contributed by atoms with Crippen LogP contribution in [-0.2, 0) is 38.3 Å². The summed E-state index contributed by atoms with van der Waals surface area (Å²) in [6, 6.07) is 20.7. The quantitative estimate of drug-likeness (QED) is 0.0789. The van der Waals surface area contributed by atoms with E-state index in [1.54, 1.807) is 7.11 Å². The number of benzene rings is 3. The Kier molecular flexibility index (Phi) is 12.0. The van der Waals surface area contributed by atoms with Crippen molar-refractivity contribution in [1.29, 1.82) is 0 Å². The highest BCUT2D eigenvalue weighted by molar-refractivity contribution is 6.05. The SMILES string of the molecule is CCOC(=O)c1c(CCCOc2cccc3ccccc23)c2cccc(-c3c(CCOC4CCCCO4)n[nH]c3C)c2n1CCCCOC. The molecular weight excluding hydrogens is 618 g/mol. The number of hydrogen-bond donors (Lipinski definition) is 1. The second kappa shape index (κ2) is 17.0. The van der Waals surface area contributed by atoms with Crippen molar-refractivity contribution in [3.63, 3.8) is 0 Å². The number of aryl methyl sites for hydroxylation is 3. The topological polar surface area (TPSA) is 96.8 Å². The Bertz CT molecular complexity index is 1830. The van der Waals surface area contributed by atoms with Gasteiger partial charge in [-0.25, -0.2) is 4.79 Å². The van der Waals surface area contributed by atoms with Gasteiger partial charge >= 0.3 is 5.97 Å². The highest BCUT2D eigenvalue weighted by Crippen LogP contribution is 2.38. The van der Waals surface area contributed by atoms with Gasteiger partial charge in [0.15, 0.2) is 6.29 Å². The molecule has 1 saturated heterocycles. The van der Waals surface area contributed by atoms with E-state index >= 15 is 0 Å². The van der Waals surface area contributed by atoms with Gasteiger partial charge in [-0.3, -0.25) is 5.10 Å². The van der Waals surface area contributed by atoms with E-state index in [9.17, 15) is 4.79 Å². The van der Waals surface area contributed by atoms with E-state index in [-0.39, 0.29) is 12.3 Å². The second-order valence-corrected chi connectivity index (χ2v) is 12.6. The minimum atomic E-state index is -0.300. The van der Waals surface area contributed by atoms with Crippen LogP contribution in [0.1, 0.15) is 72.9 Å². The molecule has 49 heavy (non-hydrogen) atoms. The van der Waals surface area contributed by atoms with Crippen LogP contribution in [0.15, 0.2) is 60.7 Å². The first-order valence-electron chi connectivity index (χ1n) is 17.8. The van der Waals surface area contributed by atoms with Gasteiger partial charge in [0.1, 0.15) is 11.4 Å². The van der Waals surface area contributed by atoms with Crippen LogP contribution in [0, 0.1) is 6.92 Å². The number of aromatic amines is 1. The van der Waals surface area contributed by atoms with Crippen molar-refractivity contribution in [2.75, 3.05) is 40.1 Å². The first kappa shape index (κ1) is 34.7. The molecule has 0 radical (unpaired) electrons. The van der Waals surface area contributed by atoms with Crippen LogP contribution < -0.4 is 4.74 Å². The largest absolute Gasteiger partial charge is 0.493 e. The monoisotopic (exact) mass is 667 g/mol. The van der Waals surface area contributed by atoms with Crippen molar-refractivity contribution in [1.82, 2.24) is 14.8 Å². The zero-order valence-corrected chi connectivity index (χ0v) is 29.1. The van der Waals surface area contributed by atoms with Gasteiger partial charge in [0.25, 0.3) is 0 Å². The summed E-state index contributed by atoms with van der Waals surface area (Å²) < 4.78 is 31.5. The molecule has 6 rings (SSSR count). The molecule has 1 atom stereocenters. The number of para-hydroxylation sites is 1. The Morgan fingerprint density at radius 3 is 2.63 bits per heavy atom. The van der Waals surface area contributed by atoms with E-state index in [0.717, 1.165) is 101 Å². The summed E-state index contributed by atoms with van der Waals surface area (Å²) in [6.07, 6.45) is 6.77. The molecule has 1 aliphatic heterocycles. The van der Waals surface area contributed by atoms with E-state index < -0.39 is 0 Å². The fourth-order valence-corrected chi connectivity index (χ4v) is 7.01. The lowest BCUT2D eigenvalue weighted by Gasteiger charge is -2.22. The molecule has 5 aromatic rings. The maximum Gasteiger partial charge on any atom is 0.355 e. The molecule has 1 fully saturated rings. The van der Waals surface area contributed by atoms with Crippen molar-refractivity contribution in [2.45, 2.75) is 78.0 Å². The lowest BCUT2D eigenvalue weighted by Crippen LogP contribution is -2.23. The molecule has 0 spiro atoms. The van der Waals surface area contributed by atoms with Gasteiger partial charge in [-0.15, -0.1) is 0 Å². The second-order valence-electron chi connectivity index (χ2n) is 12.6. The van der Waals surface area contributed by atoms with Crippen molar-refractivity contribution in [3.8, 4) is 16.9 Å². The number of esters is 1. The van der Waals surface area contributed by atoms with E-state index in [1.165, 1.54) is 0 Å². The Morgan fingerprint density at radius 2 is 1.80 bits per heavy atom. The number of nitrogens with zero attached hydrogens (tertiary/aromatic N) is 2. The Morgan fingerprint density at radius 1 is 0.959 bits per heavy atom. The van der Waals surface area contributed by atoms with E-state index in [4.69, 9.17) is 28.8 Å². The molecule has 1 aliphatic rings. The normalized spacial score (nSPS) is 14.9. The van der Waals surface area contributed by atoms with Crippen LogP contribution >= 0.6 is 0 Å². The zero-order chi connectivity index (χ0) is 34.0. The molecule has 9 nitrogen and oxygen atoms in total. The summed E-state index contributed by atoms with van der Waals surface area (Å²) in [5.74, 6) is 0.569. The summed E-state index contributed by atoms with van der Waals surface area (Å²) in [7, 11) is 1.72. The maximum absolute atomic E-state index is 13.8. The van der Waals surface area contributed by atoms with Gasteiger partial charge < -0.3 is 28.3 Å². The number of aromatic nitrogens is 3. The van der Waals surface area contributed by atoms with Crippen molar-refractivity contribution in [2.24, 2.45) is 0 Å². The number of rotatable bonds is 17. The summed E-state index contributed by atoms with van der Waals surface area (Å²) in [4.78, 5) is 13.8. The van der Waals surface area contributed by atoms with Gasteiger partial charge in [-0.1, -0.05) is 54.6 Å². The van der Waals surface area contributed by atoms with E-state index in [2.05, 4.69) is 53.0 Å². The molecule has 3 heterocycles. The molecule has 0 aliphatic carbocycles. The predicted molar refractivity (Wildman–Crippen MR) is 192 cm³/mol. The molecule has 0 bridgehead atoms. The number of methoxy groups -OCH3 is 1. The molecule has 260 valence electrons. The first-order valence-corrected chi connectivity index (χ1v) is 17.8. The van der Waals surface area contributed by atoms with Crippen molar-refractivity contribution < 1.29 is 28.5 Å². The first-order chi connectivity index (χ1) is 24.1. The average molecular weight is 668 g/mol. The third kappa shape index (κ3) is 8.01. The number of unbranched alkanes of at least 4 members (excludes halogenated alkanes) is 1. The van der Waals surface area contributed by atoms with Crippen LogP contribution in [0.3, 0.4) is 0 Å². The van der Waals surface area contributed by atoms with Gasteiger partial charge in [-0.2, -0.15) is 5.10 Å². The third-order valence-electron chi connectivity index (χ3n) is 9.29. The number of nitrogens with one attached hydrogen (secondary N) is 1.